The van der Waals surface area contributed by atoms with Gasteiger partial charge < -0.3 is 15.0 Å². The van der Waals surface area contributed by atoms with Gasteiger partial charge in [-0.1, -0.05) is 37.1 Å². The number of aromatic nitrogens is 3. The molecule has 0 aliphatic carbocycles. The largest absolute Gasteiger partial charge is 0.461 e. The molecule has 0 radical (unpaired) electrons. The topological polar surface area (TPSA) is 66.4 Å². The Morgan fingerprint density at radius 1 is 1.13 bits per heavy atom. The molecule has 0 amide bonds. The third kappa shape index (κ3) is 4.54. The average molecular weight is 613 g/mol. The van der Waals surface area contributed by atoms with E-state index < -0.39 is 23.3 Å². The number of terminal acetylenes is 1. The maximum Gasteiger partial charge on any atom is 0.319 e. The van der Waals surface area contributed by atoms with Crippen molar-refractivity contribution >= 4 is 27.5 Å². The summed E-state index contributed by atoms with van der Waals surface area (Å²) in [7, 11) is 0. The molecule has 4 aliphatic rings. The molecule has 4 atom stereocenters. The van der Waals surface area contributed by atoms with Crippen LogP contribution in [0.1, 0.15) is 50.3 Å². The summed E-state index contributed by atoms with van der Waals surface area (Å²) in [5.74, 6) is 1.91. The van der Waals surface area contributed by atoms with E-state index in [2.05, 4.69) is 28.0 Å². The second-order valence-corrected chi connectivity index (χ2v) is 13.0. The van der Waals surface area contributed by atoms with Crippen molar-refractivity contribution in [3.63, 3.8) is 0 Å². The van der Waals surface area contributed by atoms with Gasteiger partial charge in [-0.05, 0) is 50.1 Å². The zero-order valence-corrected chi connectivity index (χ0v) is 25.3. The van der Waals surface area contributed by atoms with Crippen molar-refractivity contribution in [1.82, 2.24) is 25.2 Å². The van der Waals surface area contributed by atoms with Crippen LogP contribution in [0.5, 0.6) is 6.01 Å². The van der Waals surface area contributed by atoms with Crippen molar-refractivity contribution in [2.75, 3.05) is 37.7 Å². The van der Waals surface area contributed by atoms with Crippen LogP contribution in [0.3, 0.4) is 0 Å². The number of ether oxygens (including phenoxy) is 1. The number of rotatable bonds is 5. The number of hydrogen-bond donors (Lipinski definition) is 1. The van der Waals surface area contributed by atoms with Gasteiger partial charge in [-0.15, -0.1) is 6.42 Å². The molecule has 4 aliphatic heterocycles. The van der Waals surface area contributed by atoms with Gasteiger partial charge in [0.15, 0.2) is 5.82 Å². The maximum atomic E-state index is 17.0. The van der Waals surface area contributed by atoms with Gasteiger partial charge in [0.25, 0.3) is 0 Å². The predicted molar refractivity (Wildman–Crippen MR) is 168 cm³/mol. The van der Waals surface area contributed by atoms with E-state index in [4.69, 9.17) is 26.1 Å². The Kier molecular flexibility index (Phi) is 6.88. The molecule has 1 N–H and O–H groups in total. The second-order valence-electron chi connectivity index (χ2n) is 13.0. The van der Waals surface area contributed by atoms with Crippen molar-refractivity contribution in [1.29, 1.82) is 0 Å². The molecule has 8 rings (SSSR count). The monoisotopic (exact) mass is 612 g/mol. The van der Waals surface area contributed by atoms with E-state index in [1.807, 2.05) is 6.07 Å². The van der Waals surface area contributed by atoms with Gasteiger partial charge in [0.2, 0.25) is 0 Å². The fourth-order valence-electron chi connectivity index (χ4n) is 8.14. The first-order valence-electron chi connectivity index (χ1n) is 16.0. The number of piperazine rings is 1. The van der Waals surface area contributed by atoms with Gasteiger partial charge in [-0.2, -0.15) is 9.97 Å². The minimum Gasteiger partial charge on any atom is -0.461 e. The van der Waals surface area contributed by atoms with Gasteiger partial charge in [0.1, 0.15) is 35.6 Å². The lowest BCUT2D eigenvalue weighted by Crippen LogP contribution is -2.56. The highest BCUT2D eigenvalue weighted by molar-refractivity contribution is 6.02. The molecular weight excluding hydrogens is 577 g/mol. The van der Waals surface area contributed by atoms with Crippen LogP contribution in [0.15, 0.2) is 30.3 Å². The third-order valence-corrected chi connectivity index (χ3v) is 10.4. The van der Waals surface area contributed by atoms with Crippen LogP contribution in [0.25, 0.3) is 32.9 Å². The number of anilines is 1. The Bertz CT molecular complexity index is 1880. The Morgan fingerprint density at radius 2 is 2.02 bits per heavy atom. The Labute approximate surface area is 260 Å². The number of benzene rings is 2. The van der Waals surface area contributed by atoms with E-state index in [-0.39, 0.29) is 41.5 Å². The normalized spacial score (nSPS) is 26.1. The summed E-state index contributed by atoms with van der Waals surface area (Å²) in [5, 5.41) is 5.35. The standard InChI is InChI=1S/C35H35F3N6O/c1-3-22-18-44-23(16-39-22)10-12-27-29-32(41-34(42-33(29)44)45-19-35-13-6-14-43(35)17-21(36)15-35)30(38)31(40-27)25-8-5-7-20-9-11-26(37)24(4-2)28(20)25/h2,5,7-9,11,21-23,39H,3,6,10,12-19H2,1H3/t21-,22-,23-,35+/m1/s1. The number of hydrogen-bond acceptors (Lipinski definition) is 7. The summed E-state index contributed by atoms with van der Waals surface area (Å²) in [6, 6.07) is 8.77. The van der Waals surface area contributed by atoms with E-state index in [9.17, 15) is 8.78 Å². The quantitative estimate of drug-likeness (QED) is 0.296. The van der Waals surface area contributed by atoms with Crippen molar-refractivity contribution in [2.45, 2.75) is 69.2 Å². The van der Waals surface area contributed by atoms with Gasteiger partial charge >= 0.3 is 6.01 Å². The van der Waals surface area contributed by atoms with E-state index in [1.54, 1.807) is 18.2 Å². The third-order valence-electron chi connectivity index (χ3n) is 10.4. The van der Waals surface area contributed by atoms with Crippen LogP contribution < -0.4 is 15.0 Å². The molecular formula is C35H35F3N6O. The van der Waals surface area contributed by atoms with Crippen LogP contribution >= 0.6 is 0 Å². The highest BCUT2D eigenvalue weighted by Gasteiger charge is 2.49. The number of pyridine rings is 1. The molecule has 2 aromatic heterocycles. The van der Waals surface area contributed by atoms with Gasteiger partial charge in [-0.25, -0.2) is 18.2 Å². The first-order valence-corrected chi connectivity index (χ1v) is 16.0. The van der Waals surface area contributed by atoms with Crippen molar-refractivity contribution in [3.8, 4) is 29.6 Å². The number of nitrogens with zero attached hydrogens (tertiary/aromatic N) is 5. The molecule has 45 heavy (non-hydrogen) atoms. The summed E-state index contributed by atoms with van der Waals surface area (Å²) in [5.41, 5.74) is 0.962. The van der Waals surface area contributed by atoms with Crippen LogP contribution in [0.2, 0.25) is 0 Å². The molecule has 0 spiro atoms. The van der Waals surface area contributed by atoms with E-state index in [0.29, 0.717) is 59.2 Å². The molecule has 6 heterocycles. The molecule has 2 aromatic carbocycles. The zero-order chi connectivity index (χ0) is 30.9. The molecule has 0 saturated carbocycles. The molecule has 0 unspecified atom stereocenters. The first-order chi connectivity index (χ1) is 21.9. The van der Waals surface area contributed by atoms with Crippen LogP contribution in [0, 0.1) is 24.0 Å². The number of fused-ring (bicyclic) bond motifs is 4. The summed E-state index contributed by atoms with van der Waals surface area (Å²) >= 11 is 0. The number of alkyl halides is 1. The fourth-order valence-corrected chi connectivity index (χ4v) is 8.14. The smallest absolute Gasteiger partial charge is 0.319 e. The molecule has 0 bridgehead atoms. The minimum atomic E-state index is -0.893. The average Bonchev–Trinajstić information content (AvgIpc) is 3.53. The van der Waals surface area contributed by atoms with Gasteiger partial charge in [-0.3, -0.25) is 4.90 Å². The predicted octanol–water partition coefficient (Wildman–Crippen LogP) is 5.56. The molecule has 3 fully saturated rings. The van der Waals surface area contributed by atoms with E-state index in [0.717, 1.165) is 38.8 Å². The van der Waals surface area contributed by atoms with E-state index in [1.165, 1.54) is 6.07 Å². The summed E-state index contributed by atoms with van der Waals surface area (Å²) in [6.07, 6.45) is 9.43. The molecule has 7 nitrogen and oxygen atoms in total. The zero-order valence-electron chi connectivity index (χ0n) is 25.3. The summed E-state index contributed by atoms with van der Waals surface area (Å²) in [6.45, 7) is 5.12. The first kappa shape index (κ1) is 28.5. The van der Waals surface area contributed by atoms with Gasteiger partial charge in [0, 0.05) is 49.1 Å². The number of nitrogens with one attached hydrogen (secondary N) is 1. The van der Waals surface area contributed by atoms with Crippen LogP contribution in [-0.2, 0) is 6.42 Å². The minimum absolute atomic E-state index is 0.0691. The molecule has 3 saturated heterocycles. The Morgan fingerprint density at radius 3 is 2.87 bits per heavy atom. The number of aryl methyl sites for hydroxylation is 1. The second kappa shape index (κ2) is 10.8. The van der Waals surface area contributed by atoms with Crippen molar-refractivity contribution in [2.24, 2.45) is 0 Å². The molecule has 4 aromatic rings. The fraction of sp³-hybridized carbons (Fsp3) is 0.457. The van der Waals surface area contributed by atoms with Crippen LogP contribution in [0.4, 0.5) is 19.0 Å². The lowest BCUT2D eigenvalue weighted by Gasteiger charge is -2.40. The van der Waals surface area contributed by atoms with E-state index >= 15 is 4.39 Å². The van der Waals surface area contributed by atoms with Crippen molar-refractivity contribution < 1.29 is 17.9 Å². The van der Waals surface area contributed by atoms with Crippen LogP contribution in [-0.4, -0.2) is 76.4 Å². The highest BCUT2D eigenvalue weighted by Crippen LogP contribution is 2.43. The Hall–Kier alpha value is -3.94. The van der Waals surface area contributed by atoms with Crippen molar-refractivity contribution in [3.05, 3.63) is 53.2 Å². The Balaban J connectivity index is 1.32. The number of halogens is 3. The maximum absolute atomic E-state index is 17.0. The SMILES string of the molecule is C#Cc1c(F)ccc2cccc(-c3nc4c5c(nc(OC[C@@]67CCCN6C[C@H](F)C7)nc5c3F)N3C[C@@H](CC)NC[C@H]3CC4)c12. The van der Waals surface area contributed by atoms with Gasteiger partial charge in [0.05, 0.1) is 22.2 Å². The lowest BCUT2D eigenvalue weighted by atomic mass is 9.95. The highest BCUT2D eigenvalue weighted by atomic mass is 19.1. The lowest BCUT2D eigenvalue weighted by molar-refractivity contribution is 0.107. The summed E-state index contributed by atoms with van der Waals surface area (Å²) in [4.78, 5) is 19.0. The molecule has 10 heteroatoms. The summed E-state index contributed by atoms with van der Waals surface area (Å²) < 4.78 is 52.7. The molecule has 232 valence electrons.